The van der Waals surface area contributed by atoms with Crippen LogP contribution in [0.2, 0.25) is 1.41 Å². The van der Waals surface area contributed by atoms with E-state index in [0.717, 1.165) is 0 Å². The van der Waals surface area contributed by atoms with Crippen LogP contribution >= 0.6 is 0 Å². The molecule has 0 amide bonds. The number of aliphatic imine (C=N–C) groups is 1. The zero-order chi connectivity index (χ0) is 7.68. The van der Waals surface area contributed by atoms with Gasteiger partial charge in [0.05, 0.1) is 6.21 Å². The molecule has 0 aromatic carbocycles. The number of rotatable bonds is 0. The van der Waals surface area contributed by atoms with Gasteiger partial charge in [0.2, 0.25) is 0 Å². The van der Waals surface area contributed by atoms with Crippen molar-refractivity contribution in [1.82, 2.24) is 9.97 Å². The van der Waals surface area contributed by atoms with Crippen LogP contribution in [0.25, 0.3) is 0 Å². The van der Waals surface area contributed by atoms with Crippen LogP contribution in [-0.4, -0.2) is 22.9 Å². The lowest BCUT2D eigenvalue weighted by atomic mass is 10.4. The molecule has 1 aromatic rings. The van der Waals surface area contributed by atoms with E-state index in [0.29, 0.717) is 18.2 Å². The molecule has 1 N–H and O–H groups in total. The second-order valence-electron chi connectivity index (χ2n) is 1.88. The molecule has 4 nitrogen and oxygen atoms in total. The summed E-state index contributed by atoms with van der Waals surface area (Å²) < 4.78 is 7.37. The van der Waals surface area contributed by atoms with Crippen LogP contribution in [0.5, 0.6) is 0 Å². The first-order valence-corrected chi connectivity index (χ1v) is 2.95. The summed E-state index contributed by atoms with van der Waals surface area (Å²) in [6, 6.07) is 0. The Labute approximate surface area is 59.5 Å². The predicted molar refractivity (Wildman–Crippen MR) is 38.1 cm³/mol. The van der Waals surface area contributed by atoms with Gasteiger partial charge in [0.15, 0.2) is 7.23 Å². The summed E-state index contributed by atoms with van der Waals surface area (Å²) in [5, 5.41) is 1.21. The first kappa shape index (κ1) is 4.38. The maximum absolute atomic E-state index is 7.37. The Bertz CT molecular complexity index is 298. The molecule has 0 radical (unpaired) electrons. The first-order valence-electron chi connectivity index (χ1n) is 3.40. The quantitative estimate of drug-likeness (QED) is 0.555. The normalized spacial score (nSPS) is 16.4. The van der Waals surface area contributed by atoms with E-state index >= 15 is 0 Å². The number of nitrogens with zero attached hydrogens (tertiary/aromatic N) is 3. The molecular weight excluding hydrogens is 128 g/mol. The van der Waals surface area contributed by atoms with Crippen LogP contribution in [0.15, 0.2) is 17.4 Å². The molecule has 2 heterocycles. The van der Waals surface area contributed by atoms with Crippen molar-refractivity contribution in [2.24, 2.45) is 4.99 Å². The van der Waals surface area contributed by atoms with Gasteiger partial charge in [-0.05, 0) is 0 Å². The van der Waals surface area contributed by atoms with Gasteiger partial charge < -0.3 is 5.31 Å². The van der Waals surface area contributed by atoms with Gasteiger partial charge in [0.1, 0.15) is 12.4 Å². The summed E-state index contributed by atoms with van der Waals surface area (Å²) in [7, 11) is 0. The van der Waals surface area contributed by atoms with Crippen LogP contribution in [0.3, 0.4) is 0 Å². The van der Waals surface area contributed by atoms with E-state index < -0.39 is 0 Å². The molecule has 4 heteroatoms. The van der Waals surface area contributed by atoms with Crippen molar-refractivity contribution in [2.45, 2.75) is 0 Å². The summed E-state index contributed by atoms with van der Waals surface area (Å²) in [5.41, 5.74) is 0.661. The first-order chi connectivity index (χ1) is 5.38. The van der Waals surface area contributed by atoms with E-state index in [1.807, 2.05) is 0 Å². The largest absolute Gasteiger partial charge is 0.349 e. The van der Waals surface area contributed by atoms with Crippen molar-refractivity contribution in [2.75, 3.05) is 12.0 Å². The van der Waals surface area contributed by atoms with Gasteiger partial charge in [-0.25, -0.2) is 9.97 Å². The summed E-state index contributed by atoms with van der Waals surface area (Å²) in [6.07, 6.45) is 4.79. The predicted octanol–water partition coefficient (Wildman–Crippen LogP) is 0.278. The van der Waals surface area contributed by atoms with Gasteiger partial charge in [-0.15, -0.1) is 0 Å². The van der Waals surface area contributed by atoms with E-state index in [9.17, 15) is 0 Å². The molecule has 0 bridgehead atoms. The minimum atomic E-state index is 0.339. The highest BCUT2D eigenvalue weighted by Crippen LogP contribution is 2.07. The summed E-state index contributed by atoms with van der Waals surface area (Å²) in [4.78, 5) is 11.9. The molecule has 2 rings (SSSR count). The lowest BCUT2D eigenvalue weighted by Crippen LogP contribution is -2.10. The highest BCUT2D eigenvalue weighted by atomic mass is 15.1. The third-order valence-corrected chi connectivity index (χ3v) is 1.22. The third-order valence-electron chi connectivity index (χ3n) is 1.22. The van der Waals surface area contributed by atoms with Gasteiger partial charge in [-0.2, -0.15) is 0 Å². The Morgan fingerprint density at radius 1 is 1.50 bits per heavy atom. The highest BCUT2D eigenvalue weighted by molar-refractivity contribution is 5.84. The van der Waals surface area contributed by atoms with Crippen LogP contribution < -0.4 is 5.31 Å². The van der Waals surface area contributed by atoms with Gasteiger partial charge in [-0.1, -0.05) is 0 Å². The highest BCUT2D eigenvalue weighted by Gasteiger charge is 2.03. The van der Waals surface area contributed by atoms with Crippen molar-refractivity contribution >= 4 is 12.0 Å². The average molecular weight is 135 g/mol. The minimum absolute atomic E-state index is 0.339. The number of anilines is 1. The maximum atomic E-state index is 7.37. The fraction of sp³-hybridized carbons (Fsp3) is 0.167. The van der Waals surface area contributed by atoms with Crippen LogP contribution in [0, 0.1) is 0 Å². The lowest BCUT2D eigenvalue weighted by molar-refractivity contribution is 1.05. The lowest BCUT2D eigenvalue weighted by Gasteiger charge is -2.07. The SMILES string of the molecule is [2H]N1CN=Cc2nccnc21. The van der Waals surface area contributed by atoms with Crippen molar-refractivity contribution in [1.29, 1.82) is 0 Å². The van der Waals surface area contributed by atoms with Crippen molar-refractivity contribution < 1.29 is 1.41 Å². The Morgan fingerprint density at radius 3 is 3.30 bits per heavy atom. The van der Waals surface area contributed by atoms with Crippen molar-refractivity contribution in [3.63, 3.8) is 0 Å². The monoisotopic (exact) mass is 135 g/mol. The molecule has 50 valence electrons. The van der Waals surface area contributed by atoms with E-state index in [4.69, 9.17) is 1.41 Å². The summed E-state index contributed by atoms with van der Waals surface area (Å²) in [6.45, 7) is 0.339. The number of hydrogen-bond donors (Lipinski definition) is 1. The molecule has 0 aliphatic carbocycles. The molecule has 0 fully saturated rings. The molecule has 1 aliphatic rings. The molecule has 1 aliphatic heterocycles. The van der Waals surface area contributed by atoms with Gasteiger partial charge in [0, 0.05) is 12.4 Å². The van der Waals surface area contributed by atoms with Crippen LogP contribution in [0.4, 0.5) is 5.82 Å². The molecular formula is C6H6N4. The fourth-order valence-corrected chi connectivity index (χ4v) is 0.789. The van der Waals surface area contributed by atoms with Gasteiger partial charge in [0.25, 0.3) is 0 Å². The van der Waals surface area contributed by atoms with E-state index in [2.05, 4.69) is 15.0 Å². The molecule has 0 atom stereocenters. The third kappa shape index (κ3) is 0.737. The number of hydrogen-bond acceptors (Lipinski definition) is 4. The number of fused-ring (bicyclic) bond motifs is 1. The topological polar surface area (TPSA) is 50.2 Å². The van der Waals surface area contributed by atoms with E-state index in [1.54, 1.807) is 18.6 Å². The minimum Gasteiger partial charge on any atom is -0.349 e. The molecule has 10 heavy (non-hydrogen) atoms. The number of aromatic nitrogens is 2. The van der Waals surface area contributed by atoms with E-state index in [-0.39, 0.29) is 0 Å². The molecule has 0 unspecified atom stereocenters. The summed E-state index contributed by atoms with van der Waals surface area (Å²) in [5.74, 6) is 0.572. The Balaban J connectivity index is 2.54. The Kier molecular flexibility index (Phi) is 0.901. The van der Waals surface area contributed by atoms with Gasteiger partial charge in [-0.3, -0.25) is 4.99 Å². The maximum Gasteiger partial charge on any atom is 0.164 e. The number of nitrogens with one attached hydrogen (secondary N) is 1. The van der Waals surface area contributed by atoms with Crippen molar-refractivity contribution in [3.05, 3.63) is 18.1 Å². The smallest absolute Gasteiger partial charge is 0.164 e. The molecule has 0 saturated heterocycles. The summed E-state index contributed by atoms with van der Waals surface area (Å²) >= 11 is 0. The molecule has 1 aromatic heterocycles. The second-order valence-corrected chi connectivity index (χ2v) is 1.88. The van der Waals surface area contributed by atoms with Crippen molar-refractivity contribution in [3.8, 4) is 0 Å². The zero-order valence-electron chi connectivity index (χ0n) is 6.23. The van der Waals surface area contributed by atoms with Crippen LogP contribution in [0.1, 0.15) is 5.69 Å². The Morgan fingerprint density at radius 2 is 2.40 bits per heavy atom. The zero-order valence-corrected chi connectivity index (χ0v) is 5.23. The van der Waals surface area contributed by atoms with Gasteiger partial charge >= 0.3 is 0 Å². The standard InChI is InChI=1S/C6H6N4/c1-2-9-6-5(8-1)3-7-4-10-6/h1-3H,4H2,(H,9,10)/i/hD. The van der Waals surface area contributed by atoms with Crippen LogP contribution in [-0.2, 0) is 0 Å². The molecule has 0 spiro atoms. The average Bonchev–Trinajstić information content (AvgIpc) is 2.06. The fourth-order valence-electron chi connectivity index (χ4n) is 0.789. The molecule has 0 saturated carbocycles. The van der Waals surface area contributed by atoms with E-state index in [1.165, 1.54) is 5.31 Å². The second kappa shape index (κ2) is 2.06. The Hall–Kier alpha value is -1.45.